The molecule has 0 fully saturated rings. The van der Waals surface area contributed by atoms with Gasteiger partial charge in [-0.05, 0) is 29.8 Å². The molecule has 2 aromatic carbocycles. The summed E-state index contributed by atoms with van der Waals surface area (Å²) in [5, 5.41) is 2.64. The minimum absolute atomic E-state index is 0.190. The third-order valence-corrected chi connectivity index (χ3v) is 2.91. The Morgan fingerprint density at radius 2 is 1.95 bits per heavy atom. The fourth-order valence-corrected chi connectivity index (χ4v) is 1.86. The average Bonchev–Trinajstić information content (AvgIpc) is 2.44. The van der Waals surface area contributed by atoms with Crippen molar-refractivity contribution in [3.05, 3.63) is 53.8 Å². The number of nitrogen functional groups attached to an aromatic ring is 1. The van der Waals surface area contributed by atoms with E-state index in [-0.39, 0.29) is 11.7 Å². The Bertz CT molecular complexity index is 627. The Kier molecular flexibility index (Phi) is 4.77. The summed E-state index contributed by atoms with van der Waals surface area (Å²) in [7, 11) is 0. The van der Waals surface area contributed by atoms with Gasteiger partial charge in [0, 0.05) is 19.4 Å². The molecule has 0 aliphatic heterocycles. The van der Waals surface area contributed by atoms with E-state index >= 15 is 0 Å². The number of nitrogens with two attached hydrogens (primary N) is 1. The van der Waals surface area contributed by atoms with Crippen LogP contribution in [-0.2, 0) is 11.2 Å². The standard InChI is InChI=1S/C16H17FN2O2/c1-11(20)19-16-10-14(6-7-15(16)18)21-9-8-12-2-4-13(17)5-3-12/h2-7,10H,8-9,18H2,1H3,(H,19,20). The molecule has 0 spiro atoms. The lowest BCUT2D eigenvalue weighted by Crippen LogP contribution is -2.08. The predicted molar refractivity (Wildman–Crippen MR) is 80.8 cm³/mol. The number of hydrogen-bond donors (Lipinski definition) is 2. The van der Waals surface area contributed by atoms with Crippen molar-refractivity contribution in [2.45, 2.75) is 13.3 Å². The molecule has 5 heteroatoms. The van der Waals surface area contributed by atoms with E-state index in [9.17, 15) is 9.18 Å². The maximum absolute atomic E-state index is 12.8. The zero-order chi connectivity index (χ0) is 15.2. The fourth-order valence-electron chi connectivity index (χ4n) is 1.86. The fraction of sp³-hybridized carbons (Fsp3) is 0.188. The number of halogens is 1. The molecule has 0 aliphatic carbocycles. The zero-order valence-electron chi connectivity index (χ0n) is 11.7. The van der Waals surface area contributed by atoms with Gasteiger partial charge >= 0.3 is 0 Å². The van der Waals surface area contributed by atoms with Crippen LogP contribution in [0, 0.1) is 5.82 Å². The SMILES string of the molecule is CC(=O)Nc1cc(OCCc2ccc(F)cc2)ccc1N. The molecule has 0 aliphatic rings. The van der Waals surface area contributed by atoms with Crippen molar-refractivity contribution in [1.29, 1.82) is 0 Å². The molecule has 0 atom stereocenters. The van der Waals surface area contributed by atoms with E-state index < -0.39 is 0 Å². The van der Waals surface area contributed by atoms with Crippen LogP contribution in [0.5, 0.6) is 5.75 Å². The van der Waals surface area contributed by atoms with Gasteiger partial charge in [-0.3, -0.25) is 4.79 Å². The van der Waals surface area contributed by atoms with E-state index in [4.69, 9.17) is 10.5 Å². The average molecular weight is 288 g/mol. The largest absolute Gasteiger partial charge is 0.493 e. The highest BCUT2D eigenvalue weighted by molar-refractivity contribution is 5.92. The van der Waals surface area contributed by atoms with Crippen molar-refractivity contribution in [3.8, 4) is 5.75 Å². The van der Waals surface area contributed by atoms with E-state index in [0.717, 1.165) is 5.56 Å². The molecule has 2 rings (SSSR count). The van der Waals surface area contributed by atoms with Gasteiger partial charge in [-0.15, -0.1) is 0 Å². The summed E-state index contributed by atoms with van der Waals surface area (Å²) >= 11 is 0. The number of benzene rings is 2. The summed E-state index contributed by atoms with van der Waals surface area (Å²) in [5.74, 6) is 0.179. The first-order valence-electron chi connectivity index (χ1n) is 6.59. The second-order valence-corrected chi connectivity index (χ2v) is 4.66. The van der Waals surface area contributed by atoms with Gasteiger partial charge in [0.15, 0.2) is 0 Å². The first-order chi connectivity index (χ1) is 10.0. The maximum Gasteiger partial charge on any atom is 0.221 e. The van der Waals surface area contributed by atoms with E-state index in [2.05, 4.69) is 5.32 Å². The van der Waals surface area contributed by atoms with Crippen LogP contribution in [0.1, 0.15) is 12.5 Å². The summed E-state index contributed by atoms with van der Waals surface area (Å²) in [6.07, 6.45) is 0.667. The van der Waals surface area contributed by atoms with Crippen molar-refractivity contribution in [2.24, 2.45) is 0 Å². The van der Waals surface area contributed by atoms with Gasteiger partial charge in [-0.25, -0.2) is 4.39 Å². The summed E-state index contributed by atoms with van der Waals surface area (Å²) < 4.78 is 18.4. The molecule has 0 unspecified atom stereocenters. The Morgan fingerprint density at radius 3 is 2.62 bits per heavy atom. The van der Waals surface area contributed by atoms with Crippen LogP contribution < -0.4 is 15.8 Å². The van der Waals surface area contributed by atoms with Crippen LogP contribution in [0.2, 0.25) is 0 Å². The number of carbonyl (C=O) groups excluding carboxylic acids is 1. The summed E-state index contributed by atoms with van der Waals surface area (Å²) in [4.78, 5) is 11.1. The van der Waals surface area contributed by atoms with Gasteiger partial charge in [0.1, 0.15) is 11.6 Å². The quantitative estimate of drug-likeness (QED) is 0.831. The molecule has 0 aromatic heterocycles. The molecule has 0 radical (unpaired) electrons. The van der Waals surface area contributed by atoms with Crippen LogP contribution in [-0.4, -0.2) is 12.5 Å². The second-order valence-electron chi connectivity index (χ2n) is 4.66. The monoisotopic (exact) mass is 288 g/mol. The molecule has 0 bridgehead atoms. The lowest BCUT2D eigenvalue weighted by molar-refractivity contribution is -0.114. The van der Waals surface area contributed by atoms with Gasteiger partial charge in [0.2, 0.25) is 5.91 Å². The van der Waals surface area contributed by atoms with Gasteiger partial charge in [0.25, 0.3) is 0 Å². The smallest absolute Gasteiger partial charge is 0.221 e. The first-order valence-corrected chi connectivity index (χ1v) is 6.59. The number of anilines is 2. The molecule has 3 N–H and O–H groups in total. The predicted octanol–water partition coefficient (Wildman–Crippen LogP) is 2.99. The van der Waals surface area contributed by atoms with Crippen LogP contribution in [0.15, 0.2) is 42.5 Å². The van der Waals surface area contributed by atoms with Gasteiger partial charge in [-0.2, -0.15) is 0 Å². The second kappa shape index (κ2) is 6.74. The molecular weight excluding hydrogens is 271 g/mol. The molecule has 1 amide bonds. The summed E-state index contributed by atoms with van der Waals surface area (Å²) in [6.45, 7) is 1.87. The number of hydrogen-bond acceptors (Lipinski definition) is 3. The molecule has 0 heterocycles. The van der Waals surface area contributed by atoms with Crippen LogP contribution in [0.4, 0.5) is 15.8 Å². The van der Waals surface area contributed by atoms with E-state index in [1.165, 1.54) is 19.1 Å². The van der Waals surface area contributed by atoms with E-state index in [1.54, 1.807) is 30.3 Å². The lowest BCUT2D eigenvalue weighted by atomic mass is 10.1. The van der Waals surface area contributed by atoms with Crippen molar-refractivity contribution >= 4 is 17.3 Å². The number of amides is 1. The summed E-state index contributed by atoms with van der Waals surface area (Å²) in [5.41, 5.74) is 7.77. The van der Waals surface area contributed by atoms with Crippen molar-refractivity contribution in [3.63, 3.8) is 0 Å². The molecule has 0 saturated carbocycles. The molecule has 0 saturated heterocycles. The Morgan fingerprint density at radius 1 is 1.24 bits per heavy atom. The van der Waals surface area contributed by atoms with E-state index in [1.807, 2.05) is 0 Å². The molecule has 21 heavy (non-hydrogen) atoms. The first kappa shape index (κ1) is 14.8. The number of carbonyl (C=O) groups is 1. The van der Waals surface area contributed by atoms with Crippen molar-refractivity contribution in [1.82, 2.24) is 0 Å². The number of nitrogens with one attached hydrogen (secondary N) is 1. The minimum Gasteiger partial charge on any atom is -0.493 e. The molecule has 2 aromatic rings. The van der Waals surface area contributed by atoms with Crippen molar-refractivity contribution < 1.29 is 13.9 Å². The van der Waals surface area contributed by atoms with E-state index in [0.29, 0.717) is 30.2 Å². The molecular formula is C16H17FN2O2. The normalized spacial score (nSPS) is 10.2. The number of rotatable bonds is 5. The minimum atomic E-state index is -0.252. The van der Waals surface area contributed by atoms with Crippen molar-refractivity contribution in [2.75, 3.05) is 17.7 Å². The Labute approximate surface area is 122 Å². The Hall–Kier alpha value is -2.56. The third kappa shape index (κ3) is 4.49. The lowest BCUT2D eigenvalue weighted by Gasteiger charge is -2.10. The Balaban J connectivity index is 1.93. The maximum atomic E-state index is 12.8. The zero-order valence-corrected chi connectivity index (χ0v) is 11.7. The molecule has 4 nitrogen and oxygen atoms in total. The highest BCUT2D eigenvalue weighted by Gasteiger charge is 2.04. The third-order valence-electron chi connectivity index (χ3n) is 2.91. The highest BCUT2D eigenvalue weighted by Crippen LogP contribution is 2.24. The van der Waals surface area contributed by atoms with Gasteiger partial charge in [0.05, 0.1) is 18.0 Å². The summed E-state index contributed by atoms with van der Waals surface area (Å²) in [6, 6.07) is 11.4. The van der Waals surface area contributed by atoms with Crippen LogP contribution in [0.25, 0.3) is 0 Å². The highest BCUT2D eigenvalue weighted by atomic mass is 19.1. The van der Waals surface area contributed by atoms with Crippen LogP contribution in [0.3, 0.4) is 0 Å². The van der Waals surface area contributed by atoms with Gasteiger partial charge < -0.3 is 15.8 Å². The molecule has 110 valence electrons. The topological polar surface area (TPSA) is 64.3 Å². The van der Waals surface area contributed by atoms with Gasteiger partial charge in [-0.1, -0.05) is 12.1 Å². The number of ether oxygens (including phenoxy) is 1. The van der Waals surface area contributed by atoms with Crippen LogP contribution >= 0.6 is 0 Å².